The van der Waals surface area contributed by atoms with Gasteiger partial charge in [0.2, 0.25) is 11.8 Å². The van der Waals surface area contributed by atoms with Crippen molar-refractivity contribution in [2.24, 2.45) is 5.92 Å². The molecule has 0 aliphatic carbocycles. The van der Waals surface area contributed by atoms with Gasteiger partial charge in [0.05, 0.1) is 12.1 Å². The Balaban J connectivity index is 4.17. The highest BCUT2D eigenvalue weighted by Gasteiger charge is 2.21. The zero-order chi connectivity index (χ0) is 14.3. The number of nitrogens with zero attached hydrogens (tertiary/aromatic N) is 1. The second kappa shape index (κ2) is 8.08. The summed E-state index contributed by atoms with van der Waals surface area (Å²) in [7, 11) is 1.75. The highest BCUT2D eigenvalue weighted by atomic mass is 16.2. The van der Waals surface area contributed by atoms with Gasteiger partial charge in [-0.25, -0.2) is 0 Å². The van der Waals surface area contributed by atoms with Crippen LogP contribution in [0.3, 0.4) is 0 Å². The highest BCUT2D eigenvalue weighted by molar-refractivity contribution is 5.84. The van der Waals surface area contributed by atoms with Crippen molar-refractivity contribution in [2.45, 2.75) is 46.7 Å². The number of hydrogen-bond donors (Lipinski definition) is 2. The number of amides is 2. The Kier molecular flexibility index (Phi) is 7.59. The molecule has 0 saturated carbocycles. The number of carbonyl (C=O) groups excluding carboxylic acids is 2. The molecule has 0 spiro atoms. The fraction of sp³-hybridized carbons (Fsp3) is 0.846. The summed E-state index contributed by atoms with van der Waals surface area (Å²) < 4.78 is 0. The summed E-state index contributed by atoms with van der Waals surface area (Å²) in [6, 6.07) is -0.720. The predicted molar refractivity (Wildman–Crippen MR) is 73.2 cm³/mol. The van der Waals surface area contributed by atoms with E-state index in [2.05, 4.69) is 10.6 Å². The van der Waals surface area contributed by atoms with E-state index in [1.807, 2.05) is 20.8 Å². The molecule has 0 saturated heterocycles. The summed E-state index contributed by atoms with van der Waals surface area (Å²) in [5, 5.41) is 5.86. The zero-order valence-corrected chi connectivity index (χ0v) is 12.4. The first kappa shape index (κ1) is 16.9. The summed E-state index contributed by atoms with van der Waals surface area (Å²) in [5.74, 6) is 0.356. The first-order valence-corrected chi connectivity index (χ1v) is 6.58. The van der Waals surface area contributed by atoms with E-state index in [1.165, 1.54) is 0 Å². The van der Waals surface area contributed by atoms with Crippen molar-refractivity contribution in [1.29, 1.82) is 0 Å². The third kappa shape index (κ3) is 6.00. The molecule has 106 valence electrons. The lowest BCUT2D eigenvalue weighted by Gasteiger charge is -2.23. The third-order valence-electron chi connectivity index (χ3n) is 2.80. The van der Waals surface area contributed by atoms with Crippen LogP contribution in [-0.4, -0.2) is 48.9 Å². The minimum absolute atomic E-state index is 0.000935. The largest absolute Gasteiger partial charge is 0.354 e. The first-order chi connectivity index (χ1) is 8.29. The summed E-state index contributed by atoms with van der Waals surface area (Å²) in [6.45, 7) is 10.9. The molecule has 0 bridgehead atoms. The molecular weight excluding hydrogens is 230 g/mol. The standard InChI is InChI=1S/C13H27N3O2/c1-7-16(6)13(18)11(5)15-10(4)12(17)14-8-9(2)3/h9-11,15H,7-8H2,1-6H3,(H,14,17). The molecule has 0 rings (SSSR count). The topological polar surface area (TPSA) is 61.4 Å². The van der Waals surface area contributed by atoms with Crippen LogP contribution in [0.4, 0.5) is 0 Å². The molecule has 0 heterocycles. The molecule has 18 heavy (non-hydrogen) atoms. The molecule has 0 fully saturated rings. The van der Waals surface area contributed by atoms with Crippen molar-refractivity contribution in [3.05, 3.63) is 0 Å². The fourth-order valence-corrected chi connectivity index (χ4v) is 1.47. The molecule has 5 nitrogen and oxygen atoms in total. The maximum absolute atomic E-state index is 11.8. The van der Waals surface area contributed by atoms with Crippen LogP contribution >= 0.6 is 0 Å². The Labute approximate surface area is 110 Å². The van der Waals surface area contributed by atoms with Crippen molar-refractivity contribution in [3.63, 3.8) is 0 Å². The van der Waals surface area contributed by atoms with E-state index in [4.69, 9.17) is 0 Å². The van der Waals surface area contributed by atoms with Crippen LogP contribution in [0.1, 0.15) is 34.6 Å². The van der Waals surface area contributed by atoms with Crippen LogP contribution in [0, 0.1) is 5.92 Å². The van der Waals surface area contributed by atoms with E-state index in [0.29, 0.717) is 19.0 Å². The molecule has 5 heteroatoms. The highest BCUT2D eigenvalue weighted by Crippen LogP contribution is 1.95. The Morgan fingerprint density at radius 1 is 1.11 bits per heavy atom. The minimum Gasteiger partial charge on any atom is -0.354 e. The van der Waals surface area contributed by atoms with Gasteiger partial charge in [-0.1, -0.05) is 13.8 Å². The maximum Gasteiger partial charge on any atom is 0.239 e. The van der Waals surface area contributed by atoms with E-state index in [-0.39, 0.29) is 23.9 Å². The Bertz CT molecular complexity index is 279. The van der Waals surface area contributed by atoms with Gasteiger partial charge in [-0.2, -0.15) is 0 Å². The van der Waals surface area contributed by atoms with Gasteiger partial charge in [-0.15, -0.1) is 0 Å². The van der Waals surface area contributed by atoms with Crippen molar-refractivity contribution < 1.29 is 9.59 Å². The van der Waals surface area contributed by atoms with Gasteiger partial charge in [-0.05, 0) is 26.7 Å². The quantitative estimate of drug-likeness (QED) is 0.702. The fourth-order valence-electron chi connectivity index (χ4n) is 1.47. The van der Waals surface area contributed by atoms with Gasteiger partial charge in [0.25, 0.3) is 0 Å². The Morgan fingerprint density at radius 2 is 1.67 bits per heavy atom. The summed E-state index contributed by atoms with van der Waals surface area (Å²) >= 11 is 0. The number of nitrogens with one attached hydrogen (secondary N) is 2. The third-order valence-corrected chi connectivity index (χ3v) is 2.80. The lowest BCUT2D eigenvalue weighted by atomic mass is 10.2. The second-order valence-electron chi connectivity index (χ2n) is 5.10. The van der Waals surface area contributed by atoms with Crippen LogP contribution in [-0.2, 0) is 9.59 Å². The molecule has 2 unspecified atom stereocenters. The van der Waals surface area contributed by atoms with Crippen molar-refractivity contribution >= 4 is 11.8 Å². The van der Waals surface area contributed by atoms with Crippen LogP contribution in [0.2, 0.25) is 0 Å². The van der Waals surface area contributed by atoms with Gasteiger partial charge in [0.15, 0.2) is 0 Å². The molecule has 0 aromatic rings. The maximum atomic E-state index is 11.8. The normalized spacial score (nSPS) is 14.2. The van der Waals surface area contributed by atoms with Gasteiger partial charge >= 0.3 is 0 Å². The lowest BCUT2D eigenvalue weighted by Crippen LogP contribution is -2.51. The smallest absolute Gasteiger partial charge is 0.239 e. The summed E-state index contributed by atoms with van der Waals surface area (Å²) in [5.41, 5.74) is 0. The molecule has 0 aliphatic heterocycles. The average molecular weight is 257 g/mol. The van der Waals surface area contributed by atoms with Crippen LogP contribution in [0.5, 0.6) is 0 Å². The second-order valence-corrected chi connectivity index (χ2v) is 5.10. The average Bonchev–Trinajstić information content (AvgIpc) is 2.33. The van der Waals surface area contributed by atoms with Gasteiger partial charge in [-0.3, -0.25) is 14.9 Å². The Hall–Kier alpha value is -1.10. The van der Waals surface area contributed by atoms with Crippen LogP contribution in [0.25, 0.3) is 0 Å². The van der Waals surface area contributed by atoms with Gasteiger partial charge in [0.1, 0.15) is 0 Å². The van der Waals surface area contributed by atoms with Crippen molar-refractivity contribution in [3.8, 4) is 0 Å². The monoisotopic (exact) mass is 257 g/mol. The molecule has 2 amide bonds. The van der Waals surface area contributed by atoms with Gasteiger partial charge < -0.3 is 10.2 Å². The Morgan fingerprint density at radius 3 is 2.11 bits per heavy atom. The summed E-state index contributed by atoms with van der Waals surface area (Å²) in [6.07, 6.45) is 0. The number of hydrogen-bond acceptors (Lipinski definition) is 3. The first-order valence-electron chi connectivity index (χ1n) is 6.58. The molecule has 0 aromatic heterocycles. The molecule has 0 radical (unpaired) electrons. The number of likely N-dealkylation sites (N-methyl/N-ethyl adjacent to an activating group) is 1. The van der Waals surface area contributed by atoms with E-state index in [0.717, 1.165) is 0 Å². The van der Waals surface area contributed by atoms with Gasteiger partial charge in [0, 0.05) is 20.1 Å². The molecule has 0 aliphatic rings. The molecule has 0 aromatic carbocycles. The molecule has 2 atom stereocenters. The number of rotatable bonds is 7. The summed E-state index contributed by atoms with van der Waals surface area (Å²) in [4.78, 5) is 25.2. The SMILES string of the molecule is CCN(C)C(=O)C(C)NC(C)C(=O)NCC(C)C. The van der Waals surface area contributed by atoms with E-state index >= 15 is 0 Å². The number of carbonyl (C=O) groups is 2. The van der Waals surface area contributed by atoms with E-state index in [1.54, 1.807) is 25.8 Å². The zero-order valence-electron chi connectivity index (χ0n) is 12.4. The van der Waals surface area contributed by atoms with Crippen LogP contribution < -0.4 is 10.6 Å². The van der Waals surface area contributed by atoms with E-state index < -0.39 is 0 Å². The van der Waals surface area contributed by atoms with Crippen LogP contribution in [0.15, 0.2) is 0 Å². The predicted octanol–water partition coefficient (Wildman–Crippen LogP) is 0.604. The molecular formula is C13H27N3O2. The lowest BCUT2D eigenvalue weighted by molar-refractivity contribution is -0.132. The van der Waals surface area contributed by atoms with Crippen molar-refractivity contribution in [2.75, 3.05) is 20.1 Å². The van der Waals surface area contributed by atoms with E-state index in [9.17, 15) is 9.59 Å². The minimum atomic E-state index is -0.368. The molecule has 2 N–H and O–H groups in total. The van der Waals surface area contributed by atoms with Crippen molar-refractivity contribution in [1.82, 2.24) is 15.5 Å².